The van der Waals surface area contributed by atoms with Gasteiger partial charge in [0.25, 0.3) is 0 Å². The lowest BCUT2D eigenvalue weighted by atomic mass is 9.90. The number of hydrogen-bond donors (Lipinski definition) is 1. The minimum Gasteiger partial charge on any atom is -0.400 e. The highest BCUT2D eigenvalue weighted by Crippen LogP contribution is 2.56. The van der Waals surface area contributed by atoms with Crippen molar-refractivity contribution < 1.29 is 5.11 Å². The van der Waals surface area contributed by atoms with Crippen LogP contribution < -0.4 is 5.19 Å². The second kappa shape index (κ2) is 7.86. The first-order chi connectivity index (χ1) is 13.6. The van der Waals surface area contributed by atoms with E-state index in [0.29, 0.717) is 6.23 Å². The molecule has 2 aromatic carbocycles. The Morgan fingerprint density at radius 2 is 1.41 bits per heavy atom. The molecule has 1 aliphatic rings. The minimum absolute atomic E-state index is 0.0600. The van der Waals surface area contributed by atoms with Gasteiger partial charge in [-0.1, -0.05) is 130 Å². The molecule has 154 valence electrons. The first-order valence-corrected chi connectivity index (χ1v) is 16.9. The van der Waals surface area contributed by atoms with Crippen molar-refractivity contribution in [2.75, 3.05) is 6.23 Å². The van der Waals surface area contributed by atoms with Crippen molar-refractivity contribution in [1.82, 2.24) is 0 Å². The molecule has 3 unspecified atom stereocenters. The third-order valence-corrected chi connectivity index (χ3v) is 29.9. The molecule has 3 rings (SSSR count). The molecule has 0 spiro atoms. The van der Waals surface area contributed by atoms with E-state index in [4.69, 9.17) is 0 Å². The number of hydrogen-bond acceptors (Lipinski definition) is 1. The Labute approximate surface area is 179 Å². The summed E-state index contributed by atoms with van der Waals surface area (Å²) in [5.41, 5.74) is 2.91. The van der Waals surface area contributed by atoms with Crippen LogP contribution in [0, 0.1) is 0 Å². The molecular weight excluding hydrogens is 384 g/mol. The topological polar surface area (TPSA) is 20.2 Å². The quantitative estimate of drug-likeness (QED) is 0.582. The maximum atomic E-state index is 11.1. The van der Waals surface area contributed by atoms with Gasteiger partial charge in [-0.3, -0.25) is 0 Å². The van der Waals surface area contributed by atoms with Crippen LogP contribution in [0.5, 0.6) is 0 Å². The Morgan fingerprint density at radius 3 is 1.86 bits per heavy atom. The van der Waals surface area contributed by atoms with Crippen molar-refractivity contribution in [3.63, 3.8) is 0 Å². The molecule has 1 nitrogen and oxygen atoms in total. The van der Waals surface area contributed by atoms with Gasteiger partial charge in [-0.15, -0.1) is 0 Å². The van der Waals surface area contributed by atoms with E-state index in [-0.39, 0.29) is 10.1 Å². The van der Waals surface area contributed by atoms with Crippen molar-refractivity contribution in [1.29, 1.82) is 0 Å². The summed E-state index contributed by atoms with van der Waals surface area (Å²) in [5, 5.41) is 12.5. The Balaban J connectivity index is 2.39. The fourth-order valence-electron chi connectivity index (χ4n) is 5.86. The molecule has 0 fully saturated rings. The van der Waals surface area contributed by atoms with Gasteiger partial charge in [-0.2, -0.15) is 0 Å². The molecule has 3 heteroatoms. The fourth-order valence-corrected chi connectivity index (χ4v) is 26.1. The van der Waals surface area contributed by atoms with Crippen molar-refractivity contribution in [2.45, 2.75) is 57.3 Å². The molecule has 3 atom stereocenters. The highest BCUT2D eigenvalue weighted by atomic mass is 29.3. The van der Waals surface area contributed by atoms with Gasteiger partial charge >= 0.3 is 0 Å². The lowest BCUT2D eigenvalue weighted by molar-refractivity contribution is 0.361. The molecule has 1 aliphatic carbocycles. The number of aliphatic hydroxyl groups is 1. The monoisotopic (exact) mass is 420 g/mol. The van der Waals surface area contributed by atoms with Crippen molar-refractivity contribution in [3.05, 3.63) is 90.0 Å². The summed E-state index contributed by atoms with van der Waals surface area (Å²) in [6.45, 7) is 14.8. The third kappa shape index (κ3) is 3.24. The molecule has 29 heavy (non-hydrogen) atoms. The van der Waals surface area contributed by atoms with Crippen LogP contribution >= 0.6 is 0 Å². The van der Waals surface area contributed by atoms with Gasteiger partial charge < -0.3 is 5.11 Å². The molecule has 0 aliphatic heterocycles. The van der Waals surface area contributed by atoms with Crippen molar-refractivity contribution in [3.8, 4) is 0 Å². The second-order valence-electron chi connectivity index (χ2n) is 10.0. The number of aliphatic hydroxyl groups excluding tert-OH is 1. The number of benzene rings is 2. The lowest BCUT2D eigenvalue weighted by Crippen LogP contribution is -2.80. The molecule has 0 saturated heterocycles. The summed E-state index contributed by atoms with van der Waals surface area (Å²) >= 11 is 0. The van der Waals surface area contributed by atoms with Gasteiger partial charge in [0.05, 0.1) is 7.59 Å². The maximum absolute atomic E-state index is 11.1. The van der Waals surface area contributed by atoms with Gasteiger partial charge in [0.2, 0.25) is 0 Å². The summed E-state index contributed by atoms with van der Waals surface area (Å²) in [6, 6.07) is 22.0. The van der Waals surface area contributed by atoms with Crippen LogP contribution in [0.2, 0.25) is 18.1 Å². The largest absolute Gasteiger partial charge is 0.400 e. The smallest absolute Gasteiger partial charge is 0.107 e. The fraction of sp³-hybridized carbons (Fsp3) is 0.385. The van der Waals surface area contributed by atoms with E-state index in [2.05, 4.69) is 120 Å². The van der Waals surface area contributed by atoms with Crippen molar-refractivity contribution >= 4 is 20.4 Å². The molecular formula is C26H36OSi2. The van der Waals surface area contributed by atoms with Crippen LogP contribution in [0.15, 0.2) is 84.5 Å². The van der Waals surface area contributed by atoms with Crippen LogP contribution in [0.25, 0.3) is 0 Å². The van der Waals surface area contributed by atoms with Gasteiger partial charge in [0.1, 0.15) is 7.59 Å². The second-order valence-corrected chi connectivity index (χ2v) is 24.7. The SMILES string of the molecule is CC(C)(C)[Si](C)(C(C)(C1=CC=CC1)c1ccccc1)[Si](C)(CO)c1ccccc1. The first-order valence-electron chi connectivity index (χ1n) is 10.7. The van der Waals surface area contributed by atoms with E-state index in [1.54, 1.807) is 0 Å². The van der Waals surface area contributed by atoms with E-state index in [1.807, 2.05) is 0 Å². The molecule has 2 aromatic rings. The van der Waals surface area contributed by atoms with Gasteiger partial charge in [-0.25, -0.2) is 0 Å². The average Bonchev–Trinajstić information content (AvgIpc) is 3.27. The maximum Gasteiger partial charge on any atom is 0.107 e. The van der Waals surface area contributed by atoms with Crippen LogP contribution in [0.3, 0.4) is 0 Å². The average molecular weight is 421 g/mol. The van der Waals surface area contributed by atoms with Gasteiger partial charge in [0.15, 0.2) is 0 Å². The highest BCUT2D eigenvalue weighted by molar-refractivity contribution is 7.48. The zero-order valence-corrected chi connectivity index (χ0v) is 20.9. The Morgan fingerprint density at radius 1 is 0.862 bits per heavy atom. The predicted molar refractivity (Wildman–Crippen MR) is 132 cm³/mol. The van der Waals surface area contributed by atoms with Crippen LogP contribution in [0.1, 0.15) is 39.7 Å². The van der Waals surface area contributed by atoms with Crippen molar-refractivity contribution in [2.24, 2.45) is 0 Å². The van der Waals surface area contributed by atoms with Crippen LogP contribution in [0.4, 0.5) is 0 Å². The van der Waals surface area contributed by atoms with E-state index in [1.165, 1.54) is 16.3 Å². The zero-order valence-electron chi connectivity index (χ0n) is 18.9. The summed E-state index contributed by atoms with van der Waals surface area (Å²) < 4.78 is 0. The first kappa shape index (κ1) is 22.0. The third-order valence-electron chi connectivity index (χ3n) is 8.10. The number of rotatable bonds is 6. The van der Waals surface area contributed by atoms with Crippen LogP contribution in [-0.4, -0.2) is 26.5 Å². The minimum atomic E-state index is -2.25. The van der Waals surface area contributed by atoms with E-state index in [9.17, 15) is 5.11 Å². The molecule has 0 bridgehead atoms. The van der Waals surface area contributed by atoms with E-state index >= 15 is 0 Å². The normalized spacial score (nSPS) is 20.4. The van der Waals surface area contributed by atoms with E-state index < -0.39 is 15.2 Å². The molecule has 0 aromatic heterocycles. The number of allylic oxidation sites excluding steroid dienone is 4. The Kier molecular flexibility index (Phi) is 5.97. The Hall–Kier alpha value is -1.69. The lowest BCUT2D eigenvalue weighted by Gasteiger charge is -2.61. The molecule has 1 N–H and O–H groups in total. The molecule has 0 saturated carbocycles. The predicted octanol–water partition coefficient (Wildman–Crippen LogP) is 5.84. The zero-order chi connectivity index (χ0) is 21.3. The molecule has 0 heterocycles. The summed E-state index contributed by atoms with van der Waals surface area (Å²) in [5.74, 6) is 0. The van der Waals surface area contributed by atoms with Crippen LogP contribution in [-0.2, 0) is 5.04 Å². The Bertz CT molecular complexity index is 897. The molecule has 0 amide bonds. The summed E-state index contributed by atoms with van der Waals surface area (Å²) in [7, 11) is -4.47. The standard InChI is InChI=1S/C26H36OSi2/c1-25(2,3)29(6,28(5,21-27)24-19-11-8-12-20-24)26(4,23-17-13-14-18-23)22-15-9-7-10-16-22/h7-17,19-20,27H,18,21H2,1-6H3. The van der Waals surface area contributed by atoms with Gasteiger partial charge in [0, 0.05) is 11.3 Å². The highest BCUT2D eigenvalue weighted by Gasteiger charge is 2.65. The molecule has 0 radical (unpaired) electrons. The summed E-state index contributed by atoms with van der Waals surface area (Å²) in [6.07, 6.45) is 8.15. The van der Waals surface area contributed by atoms with E-state index in [0.717, 1.165) is 6.42 Å². The summed E-state index contributed by atoms with van der Waals surface area (Å²) in [4.78, 5) is 0. The van der Waals surface area contributed by atoms with Gasteiger partial charge in [-0.05, 0) is 17.0 Å².